The molecule has 0 spiro atoms. The molecule has 4 N–H and O–H groups in total. The number of aliphatic hydroxyl groups is 1. The Labute approximate surface area is 95.9 Å². The molecule has 2 rings (SSSR count). The number of pyridine rings is 1. The van der Waals surface area contributed by atoms with Crippen molar-refractivity contribution in [3.8, 4) is 0 Å². The minimum Gasteiger partial charge on any atom is -0.397 e. The summed E-state index contributed by atoms with van der Waals surface area (Å²) in [6.45, 7) is 2.88. The zero-order chi connectivity index (χ0) is 11.5. The molecule has 1 heterocycles. The van der Waals surface area contributed by atoms with Crippen molar-refractivity contribution in [2.45, 2.75) is 32.3 Å². The van der Waals surface area contributed by atoms with Crippen LogP contribution in [0.5, 0.6) is 0 Å². The van der Waals surface area contributed by atoms with Gasteiger partial charge < -0.3 is 16.2 Å². The summed E-state index contributed by atoms with van der Waals surface area (Å²) in [5.74, 6) is 1.46. The van der Waals surface area contributed by atoms with Crippen LogP contribution < -0.4 is 11.1 Å². The molecule has 1 aromatic rings. The quantitative estimate of drug-likeness (QED) is 0.724. The average molecular weight is 221 g/mol. The lowest BCUT2D eigenvalue weighted by Gasteiger charge is -2.13. The Kier molecular flexibility index (Phi) is 3.29. The van der Waals surface area contributed by atoms with Crippen LogP contribution in [0, 0.1) is 12.8 Å². The molecular weight excluding hydrogens is 202 g/mol. The minimum absolute atomic E-state index is 0.104. The van der Waals surface area contributed by atoms with E-state index in [2.05, 4.69) is 10.3 Å². The first-order valence-corrected chi connectivity index (χ1v) is 5.79. The second-order valence-corrected chi connectivity index (χ2v) is 4.65. The van der Waals surface area contributed by atoms with E-state index in [1.807, 2.05) is 13.0 Å². The molecule has 16 heavy (non-hydrogen) atoms. The number of nitrogens with one attached hydrogen (secondary N) is 1. The van der Waals surface area contributed by atoms with Gasteiger partial charge in [0.05, 0.1) is 18.0 Å². The number of anilines is 2. The first-order valence-electron chi connectivity index (χ1n) is 5.79. The monoisotopic (exact) mass is 221 g/mol. The van der Waals surface area contributed by atoms with Gasteiger partial charge in [0.15, 0.2) is 0 Å². The fourth-order valence-corrected chi connectivity index (χ4v) is 2.26. The van der Waals surface area contributed by atoms with Crippen molar-refractivity contribution in [2.75, 3.05) is 17.6 Å². The van der Waals surface area contributed by atoms with Crippen molar-refractivity contribution in [3.05, 3.63) is 17.8 Å². The Hall–Kier alpha value is -1.29. The molecule has 1 fully saturated rings. The normalized spacial score (nSPS) is 24.6. The van der Waals surface area contributed by atoms with Crippen molar-refractivity contribution in [1.29, 1.82) is 0 Å². The fraction of sp³-hybridized carbons (Fsp3) is 0.583. The van der Waals surface area contributed by atoms with E-state index in [1.54, 1.807) is 6.20 Å². The van der Waals surface area contributed by atoms with Gasteiger partial charge in [0.25, 0.3) is 0 Å². The summed E-state index contributed by atoms with van der Waals surface area (Å²) in [5, 5.41) is 12.8. The Morgan fingerprint density at radius 3 is 3.00 bits per heavy atom. The van der Waals surface area contributed by atoms with Gasteiger partial charge in [-0.25, -0.2) is 4.98 Å². The topological polar surface area (TPSA) is 71.2 Å². The van der Waals surface area contributed by atoms with Gasteiger partial charge >= 0.3 is 0 Å². The lowest BCUT2D eigenvalue weighted by Crippen LogP contribution is -2.14. The van der Waals surface area contributed by atoms with Crippen LogP contribution in [-0.2, 0) is 0 Å². The second kappa shape index (κ2) is 4.70. The molecule has 2 atom stereocenters. The second-order valence-electron chi connectivity index (χ2n) is 4.65. The molecule has 1 saturated carbocycles. The largest absolute Gasteiger partial charge is 0.397 e. The molecule has 88 valence electrons. The van der Waals surface area contributed by atoms with Crippen molar-refractivity contribution < 1.29 is 5.11 Å². The van der Waals surface area contributed by atoms with Crippen LogP contribution in [0.3, 0.4) is 0 Å². The molecule has 1 aliphatic carbocycles. The molecule has 0 aromatic carbocycles. The Bertz CT molecular complexity index is 367. The van der Waals surface area contributed by atoms with E-state index < -0.39 is 0 Å². The predicted octanol–water partition coefficient (Wildman–Crippen LogP) is 1.55. The number of hydrogen-bond donors (Lipinski definition) is 3. The summed E-state index contributed by atoms with van der Waals surface area (Å²) >= 11 is 0. The summed E-state index contributed by atoms with van der Waals surface area (Å²) in [4.78, 5) is 4.26. The summed E-state index contributed by atoms with van der Waals surface area (Å²) in [7, 11) is 0. The maximum Gasteiger partial charge on any atom is 0.129 e. The lowest BCUT2D eigenvalue weighted by atomic mass is 10.1. The van der Waals surface area contributed by atoms with E-state index in [0.717, 1.165) is 37.2 Å². The van der Waals surface area contributed by atoms with Gasteiger partial charge in [-0.05, 0) is 43.7 Å². The van der Waals surface area contributed by atoms with E-state index in [0.29, 0.717) is 11.6 Å². The number of aromatic nitrogens is 1. The molecule has 2 unspecified atom stereocenters. The van der Waals surface area contributed by atoms with Crippen LogP contribution in [0.15, 0.2) is 12.3 Å². The number of hydrogen-bond acceptors (Lipinski definition) is 4. The lowest BCUT2D eigenvalue weighted by molar-refractivity contribution is 0.178. The summed E-state index contributed by atoms with van der Waals surface area (Å²) < 4.78 is 0. The molecule has 0 amide bonds. The highest BCUT2D eigenvalue weighted by Crippen LogP contribution is 2.25. The van der Waals surface area contributed by atoms with E-state index in [4.69, 9.17) is 5.73 Å². The molecule has 0 radical (unpaired) electrons. The number of rotatable bonds is 3. The highest BCUT2D eigenvalue weighted by molar-refractivity contribution is 5.50. The van der Waals surface area contributed by atoms with Gasteiger partial charge in [-0.15, -0.1) is 0 Å². The Morgan fingerprint density at radius 2 is 2.38 bits per heavy atom. The van der Waals surface area contributed by atoms with Crippen LogP contribution in [0.2, 0.25) is 0 Å². The van der Waals surface area contributed by atoms with Crippen molar-refractivity contribution in [1.82, 2.24) is 4.98 Å². The highest BCUT2D eigenvalue weighted by atomic mass is 16.3. The third kappa shape index (κ3) is 2.64. The SMILES string of the molecule is Cc1cc(N)cnc1NCC1CCC(O)C1. The van der Waals surface area contributed by atoms with E-state index in [1.165, 1.54) is 0 Å². The van der Waals surface area contributed by atoms with E-state index in [-0.39, 0.29) is 6.10 Å². The molecule has 0 bridgehead atoms. The standard InChI is InChI=1S/C12H19N3O/c1-8-4-10(13)7-15-12(8)14-6-9-2-3-11(16)5-9/h4,7,9,11,16H,2-3,5-6,13H2,1H3,(H,14,15). The van der Waals surface area contributed by atoms with Gasteiger partial charge in [0, 0.05) is 6.54 Å². The van der Waals surface area contributed by atoms with Gasteiger partial charge in [0.1, 0.15) is 5.82 Å². The molecule has 0 aliphatic heterocycles. The van der Waals surface area contributed by atoms with Crippen LogP contribution in [0.1, 0.15) is 24.8 Å². The van der Waals surface area contributed by atoms with Crippen molar-refractivity contribution in [3.63, 3.8) is 0 Å². The number of nitrogen functional groups attached to an aromatic ring is 1. The van der Waals surface area contributed by atoms with Crippen molar-refractivity contribution >= 4 is 11.5 Å². The van der Waals surface area contributed by atoms with Gasteiger partial charge in [-0.2, -0.15) is 0 Å². The zero-order valence-electron chi connectivity index (χ0n) is 9.61. The molecule has 4 heteroatoms. The van der Waals surface area contributed by atoms with Crippen LogP contribution in [-0.4, -0.2) is 22.7 Å². The van der Waals surface area contributed by atoms with E-state index >= 15 is 0 Å². The molecule has 0 saturated heterocycles. The zero-order valence-corrected chi connectivity index (χ0v) is 9.61. The van der Waals surface area contributed by atoms with Crippen LogP contribution in [0.4, 0.5) is 11.5 Å². The average Bonchev–Trinajstić information content (AvgIpc) is 2.63. The number of aryl methyl sites for hydroxylation is 1. The van der Waals surface area contributed by atoms with Crippen LogP contribution >= 0.6 is 0 Å². The fourth-order valence-electron chi connectivity index (χ4n) is 2.26. The Balaban J connectivity index is 1.89. The molecule has 4 nitrogen and oxygen atoms in total. The van der Waals surface area contributed by atoms with Crippen LogP contribution in [0.25, 0.3) is 0 Å². The smallest absolute Gasteiger partial charge is 0.129 e. The molecule has 1 aliphatic rings. The first kappa shape index (κ1) is 11.2. The van der Waals surface area contributed by atoms with Crippen molar-refractivity contribution in [2.24, 2.45) is 5.92 Å². The molecule has 1 aromatic heterocycles. The predicted molar refractivity (Wildman–Crippen MR) is 65.2 cm³/mol. The summed E-state index contributed by atoms with van der Waals surface area (Å²) in [6.07, 6.45) is 4.50. The van der Waals surface area contributed by atoms with E-state index in [9.17, 15) is 5.11 Å². The third-order valence-corrected chi connectivity index (χ3v) is 3.17. The maximum atomic E-state index is 9.43. The first-order chi connectivity index (χ1) is 7.65. The minimum atomic E-state index is -0.104. The third-order valence-electron chi connectivity index (χ3n) is 3.17. The van der Waals surface area contributed by atoms with Gasteiger partial charge in [0.2, 0.25) is 0 Å². The van der Waals surface area contributed by atoms with Gasteiger partial charge in [-0.1, -0.05) is 0 Å². The molecular formula is C12H19N3O. The number of aliphatic hydroxyl groups excluding tert-OH is 1. The Morgan fingerprint density at radius 1 is 1.56 bits per heavy atom. The summed E-state index contributed by atoms with van der Waals surface area (Å²) in [5.41, 5.74) is 7.40. The highest BCUT2D eigenvalue weighted by Gasteiger charge is 2.22. The maximum absolute atomic E-state index is 9.43. The summed E-state index contributed by atoms with van der Waals surface area (Å²) in [6, 6.07) is 1.92. The number of nitrogens with zero attached hydrogens (tertiary/aromatic N) is 1. The van der Waals surface area contributed by atoms with Gasteiger partial charge in [-0.3, -0.25) is 0 Å². The number of nitrogens with two attached hydrogens (primary N) is 1.